The summed E-state index contributed by atoms with van der Waals surface area (Å²) in [5.74, 6) is -0.976. The van der Waals surface area contributed by atoms with E-state index in [1.54, 1.807) is 0 Å². The second-order valence-electron chi connectivity index (χ2n) is 4.76. The molecule has 0 amide bonds. The van der Waals surface area contributed by atoms with Crippen LogP contribution in [0.15, 0.2) is 18.2 Å². The van der Waals surface area contributed by atoms with Crippen molar-refractivity contribution in [3.05, 3.63) is 35.4 Å². The van der Waals surface area contributed by atoms with Crippen LogP contribution in [0.2, 0.25) is 0 Å². The Labute approximate surface area is 101 Å². The van der Waals surface area contributed by atoms with Gasteiger partial charge < -0.3 is 5.32 Å². The van der Waals surface area contributed by atoms with Gasteiger partial charge in [-0.1, -0.05) is 6.07 Å². The first kappa shape index (κ1) is 12.5. The van der Waals surface area contributed by atoms with E-state index in [9.17, 15) is 8.78 Å². The summed E-state index contributed by atoms with van der Waals surface area (Å²) >= 11 is 0. The third-order valence-electron chi connectivity index (χ3n) is 3.38. The van der Waals surface area contributed by atoms with E-state index in [1.165, 1.54) is 12.1 Å². The smallest absolute Gasteiger partial charge is 0.130 e. The first-order valence-corrected chi connectivity index (χ1v) is 5.98. The molecule has 0 bridgehead atoms. The van der Waals surface area contributed by atoms with Crippen LogP contribution in [0.1, 0.15) is 19.4 Å². The quantitative estimate of drug-likeness (QED) is 0.852. The Hall–Kier alpha value is -1.00. The van der Waals surface area contributed by atoms with E-state index in [0.717, 1.165) is 19.2 Å². The molecule has 2 rings (SSSR count). The molecular formula is C13H18F2N2. The highest BCUT2D eigenvalue weighted by Crippen LogP contribution is 2.17. The van der Waals surface area contributed by atoms with Gasteiger partial charge in [-0.25, -0.2) is 8.78 Å². The second kappa shape index (κ2) is 5.10. The van der Waals surface area contributed by atoms with Crippen LogP contribution < -0.4 is 5.32 Å². The third kappa shape index (κ3) is 2.82. The number of benzene rings is 1. The van der Waals surface area contributed by atoms with Crippen LogP contribution in [0.4, 0.5) is 8.78 Å². The van der Waals surface area contributed by atoms with Crippen LogP contribution in [0.3, 0.4) is 0 Å². The van der Waals surface area contributed by atoms with Crippen LogP contribution in [0.25, 0.3) is 0 Å². The Balaban J connectivity index is 2.13. The number of nitrogens with zero attached hydrogens (tertiary/aromatic N) is 1. The van der Waals surface area contributed by atoms with Crippen molar-refractivity contribution >= 4 is 0 Å². The molecule has 0 aromatic heterocycles. The van der Waals surface area contributed by atoms with Crippen LogP contribution in [0, 0.1) is 11.6 Å². The highest BCUT2D eigenvalue weighted by atomic mass is 19.1. The van der Waals surface area contributed by atoms with Crippen molar-refractivity contribution in [3.8, 4) is 0 Å². The first-order chi connectivity index (χ1) is 8.08. The van der Waals surface area contributed by atoms with Gasteiger partial charge in [0.05, 0.1) is 0 Å². The largest absolute Gasteiger partial charge is 0.314 e. The number of halogens is 2. The predicted octanol–water partition coefficient (Wildman–Crippen LogP) is 2.15. The SMILES string of the molecule is CC1CNCC(C)N1Cc1ccc(F)cc1F. The van der Waals surface area contributed by atoms with E-state index in [2.05, 4.69) is 24.1 Å². The fourth-order valence-corrected chi connectivity index (χ4v) is 2.33. The minimum Gasteiger partial charge on any atom is -0.314 e. The fourth-order valence-electron chi connectivity index (χ4n) is 2.33. The molecule has 4 heteroatoms. The van der Waals surface area contributed by atoms with Crippen molar-refractivity contribution in [3.63, 3.8) is 0 Å². The Bertz CT molecular complexity index is 385. The van der Waals surface area contributed by atoms with Gasteiger partial charge in [-0.3, -0.25) is 4.90 Å². The molecule has 2 atom stereocenters. The molecular weight excluding hydrogens is 222 g/mol. The molecule has 2 unspecified atom stereocenters. The lowest BCUT2D eigenvalue weighted by Crippen LogP contribution is -2.54. The molecule has 1 saturated heterocycles. The highest BCUT2D eigenvalue weighted by molar-refractivity contribution is 5.18. The van der Waals surface area contributed by atoms with Gasteiger partial charge in [-0.05, 0) is 19.9 Å². The molecule has 0 saturated carbocycles. The zero-order valence-electron chi connectivity index (χ0n) is 10.2. The second-order valence-corrected chi connectivity index (χ2v) is 4.76. The Morgan fingerprint density at radius 3 is 2.47 bits per heavy atom. The summed E-state index contributed by atoms with van der Waals surface area (Å²) in [4.78, 5) is 2.24. The van der Waals surface area contributed by atoms with Gasteiger partial charge >= 0.3 is 0 Å². The maximum absolute atomic E-state index is 13.6. The van der Waals surface area contributed by atoms with Crippen molar-refractivity contribution < 1.29 is 8.78 Å². The predicted molar refractivity (Wildman–Crippen MR) is 63.7 cm³/mol. The molecule has 0 aliphatic carbocycles. The highest BCUT2D eigenvalue weighted by Gasteiger charge is 2.25. The molecule has 1 fully saturated rings. The van der Waals surface area contributed by atoms with Crippen molar-refractivity contribution in [1.82, 2.24) is 10.2 Å². The summed E-state index contributed by atoms with van der Waals surface area (Å²) in [6.07, 6.45) is 0. The van der Waals surface area contributed by atoms with E-state index in [4.69, 9.17) is 0 Å². The normalized spacial score (nSPS) is 26.1. The monoisotopic (exact) mass is 240 g/mol. The van der Waals surface area contributed by atoms with E-state index < -0.39 is 11.6 Å². The summed E-state index contributed by atoms with van der Waals surface area (Å²) in [6.45, 7) is 6.59. The number of nitrogens with one attached hydrogen (secondary N) is 1. The van der Waals surface area contributed by atoms with Gasteiger partial charge in [0.15, 0.2) is 0 Å². The number of hydrogen-bond acceptors (Lipinski definition) is 2. The minimum absolute atomic E-state index is 0.364. The molecule has 1 aromatic rings. The molecule has 0 radical (unpaired) electrons. The Kier molecular flexibility index (Phi) is 3.74. The zero-order chi connectivity index (χ0) is 12.4. The van der Waals surface area contributed by atoms with Gasteiger partial charge in [0, 0.05) is 43.3 Å². The molecule has 1 aromatic carbocycles. The molecule has 1 heterocycles. The third-order valence-corrected chi connectivity index (χ3v) is 3.38. The zero-order valence-corrected chi connectivity index (χ0v) is 10.2. The van der Waals surface area contributed by atoms with Crippen LogP contribution in [-0.2, 0) is 6.54 Å². The minimum atomic E-state index is -0.521. The summed E-state index contributed by atoms with van der Waals surface area (Å²) in [6, 6.07) is 4.53. The van der Waals surface area contributed by atoms with Gasteiger partial charge in [-0.2, -0.15) is 0 Å². The lowest BCUT2D eigenvalue weighted by atomic mass is 10.1. The molecule has 2 nitrogen and oxygen atoms in total. The van der Waals surface area contributed by atoms with Gasteiger partial charge in [-0.15, -0.1) is 0 Å². The summed E-state index contributed by atoms with van der Waals surface area (Å²) in [5, 5.41) is 3.33. The molecule has 1 aliphatic heterocycles. The van der Waals surface area contributed by atoms with Crippen LogP contribution >= 0.6 is 0 Å². The van der Waals surface area contributed by atoms with E-state index in [0.29, 0.717) is 24.2 Å². The summed E-state index contributed by atoms with van der Waals surface area (Å²) in [5.41, 5.74) is 0.562. The standard InChI is InChI=1S/C13H18F2N2/c1-9-6-16-7-10(2)17(9)8-11-3-4-12(14)5-13(11)15/h3-5,9-10,16H,6-8H2,1-2H3. The molecule has 17 heavy (non-hydrogen) atoms. The van der Waals surface area contributed by atoms with Crippen molar-refractivity contribution in [1.29, 1.82) is 0 Å². The van der Waals surface area contributed by atoms with E-state index in [1.807, 2.05) is 0 Å². The average molecular weight is 240 g/mol. The molecule has 1 N–H and O–H groups in total. The van der Waals surface area contributed by atoms with Gasteiger partial charge in [0.2, 0.25) is 0 Å². The van der Waals surface area contributed by atoms with Crippen molar-refractivity contribution in [2.24, 2.45) is 0 Å². The lowest BCUT2D eigenvalue weighted by molar-refractivity contribution is 0.107. The van der Waals surface area contributed by atoms with Gasteiger partial charge in [0.25, 0.3) is 0 Å². The van der Waals surface area contributed by atoms with Crippen molar-refractivity contribution in [2.75, 3.05) is 13.1 Å². The van der Waals surface area contributed by atoms with E-state index >= 15 is 0 Å². The fraction of sp³-hybridized carbons (Fsp3) is 0.538. The van der Waals surface area contributed by atoms with Crippen LogP contribution in [-0.4, -0.2) is 30.1 Å². The maximum Gasteiger partial charge on any atom is 0.130 e. The molecule has 94 valence electrons. The Morgan fingerprint density at radius 1 is 1.24 bits per heavy atom. The van der Waals surface area contributed by atoms with E-state index in [-0.39, 0.29) is 0 Å². The lowest BCUT2D eigenvalue weighted by Gasteiger charge is -2.39. The summed E-state index contributed by atoms with van der Waals surface area (Å²) < 4.78 is 26.4. The molecule has 1 aliphatic rings. The molecule has 0 spiro atoms. The van der Waals surface area contributed by atoms with Crippen LogP contribution in [0.5, 0.6) is 0 Å². The van der Waals surface area contributed by atoms with Gasteiger partial charge in [0.1, 0.15) is 11.6 Å². The number of hydrogen-bond donors (Lipinski definition) is 1. The topological polar surface area (TPSA) is 15.3 Å². The summed E-state index contributed by atoms with van der Waals surface area (Å²) in [7, 11) is 0. The Morgan fingerprint density at radius 2 is 1.88 bits per heavy atom. The number of piperazine rings is 1. The van der Waals surface area contributed by atoms with Crippen molar-refractivity contribution in [2.45, 2.75) is 32.5 Å². The average Bonchev–Trinajstić information content (AvgIpc) is 2.26. The number of rotatable bonds is 2. The first-order valence-electron chi connectivity index (χ1n) is 5.98. The maximum atomic E-state index is 13.6.